The molecule has 1 saturated carbocycles. The first kappa shape index (κ1) is 24.0. The van der Waals surface area contributed by atoms with Crippen molar-refractivity contribution >= 4 is 34.1 Å². The van der Waals surface area contributed by atoms with Gasteiger partial charge in [0.15, 0.2) is 0 Å². The monoisotopic (exact) mass is 494 g/mol. The van der Waals surface area contributed by atoms with Gasteiger partial charge in [0.2, 0.25) is 0 Å². The van der Waals surface area contributed by atoms with E-state index < -0.39 is 0 Å². The summed E-state index contributed by atoms with van der Waals surface area (Å²) in [5.41, 5.74) is 7.21. The van der Waals surface area contributed by atoms with Crippen LogP contribution >= 0.6 is 11.9 Å². The minimum absolute atomic E-state index is 0.00488. The van der Waals surface area contributed by atoms with E-state index in [0.29, 0.717) is 16.9 Å². The van der Waals surface area contributed by atoms with E-state index in [2.05, 4.69) is 52.8 Å². The summed E-state index contributed by atoms with van der Waals surface area (Å²) in [5.74, 6) is 0.681. The molecule has 2 heterocycles. The molecule has 9 heteroatoms. The Balaban J connectivity index is 1.49. The van der Waals surface area contributed by atoms with E-state index in [4.69, 9.17) is 10.1 Å². The quantitative estimate of drug-likeness (QED) is 0.208. The topological polar surface area (TPSA) is 78.5 Å². The molecular formula is C26H31FN6OS. The number of nitrogens with zero attached hydrogens (tertiary/aromatic N) is 4. The van der Waals surface area contributed by atoms with Gasteiger partial charge in [0, 0.05) is 30.9 Å². The molecule has 2 N–H and O–H groups in total. The van der Waals surface area contributed by atoms with Crippen molar-refractivity contribution < 1.29 is 9.13 Å². The van der Waals surface area contributed by atoms with E-state index in [1.807, 2.05) is 10.9 Å². The summed E-state index contributed by atoms with van der Waals surface area (Å²) >= 11 is 1.53. The third-order valence-corrected chi connectivity index (χ3v) is 8.13. The normalized spacial score (nSPS) is 24.2. The molecule has 1 aliphatic carbocycles. The van der Waals surface area contributed by atoms with Crippen LogP contribution in [0.2, 0.25) is 0 Å². The molecule has 2 aliphatic rings. The average Bonchev–Trinajstić information content (AvgIpc) is 3.11. The number of rotatable bonds is 8. The Hall–Kier alpha value is -2.75. The smallest absolute Gasteiger partial charge is 0.149 e. The number of hydrogen-bond acceptors (Lipinski definition) is 7. The second kappa shape index (κ2) is 9.37. The van der Waals surface area contributed by atoms with Gasteiger partial charge < -0.3 is 15.6 Å². The summed E-state index contributed by atoms with van der Waals surface area (Å²) in [5, 5.41) is 18.2. The first-order valence-corrected chi connectivity index (χ1v) is 12.7. The van der Waals surface area contributed by atoms with Gasteiger partial charge in [-0.05, 0) is 92.1 Å². The Bertz CT molecular complexity index is 1270. The summed E-state index contributed by atoms with van der Waals surface area (Å²) in [7, 11) is 1.75. The van der Waals surface area contributed by atoms with Gasteiger partial charge in [0.05, 0.1) is 36.3 Å². The predicted molar refractivity (Wildman–Crippen MR) is 140 cm³/mol. The maximum absolute atomic E-state index is 13.4. The van der Waals surface area contributed by atoms with Crippen LogP contribution in [-0.4, -0.2) is 58.2 Å². The lowest BCUT2D eigenvalue weighted by Crippen LogP contribution is -2.28. The third kappa shape index (κ3) is 4.26. The van der Waals surface area contributed by atoms with Crippen LogP contribution in [0.5, 0.6) is 0 Å². The highest BCUT2D eigenvalue weighted by Gasteiger charge is 2.70. The molecule has 1 aliphatic heterocycles. The molecule has 35 heavy (non-hydrogen) atoms. The highest BCUT2D eigenvalue weighted by atomic mass is 32.2. The van der Waals surface area contributed by atoms with Gasteiger partial charge >= 0.3 is 0 Å². The van der Waals surface area contributed by atoms with Crippen LogP contribution in [0.4, 0.5) is 4.39 Å². The minimum atomic E-state index is -0.258. The van der Waals surface area contributed by atoms with Crippen molar-refractivity contribution in [3.63, 3.8) is 0 Å². The number of ether oxygens (including phenoxy) is 1. The van der Waals surface area contributed by atoms with E-state index in [-0.39, 0.29) is 17.3 Å². The van der Waals surface area contributed by atoms with Gasteiger partial charge in [0.25, 0.3) is 0 Å². The Kier molecular flexibility index (Phi) is 6.41. The molecule has 0 spiro atoms. The third-order valence-electron chi connectivity index (χ3n) is 7.20. The second-order valence-electron chi connectivity index (χ2n) is 9.63. The van der Waals surface area contributed by atoms with E-state index in [1.165, 1.54) is 41.4 Å². The molecule has 2 aromatic carbocycles. The van der Waals surface area contributed by atoms with Crippen LogP contribution in [0.3, 0.4) is 0 Å². The molecule has 1 saturated heterocycles. The minimum Gasteiger partial charge on any atom is -0.378 e. The number of nitrogens with one attached hydrogen (secondary N) is 2. The molecule has 0 bridgehead atoms. The van der Waals surface area contributed by atoms with E-state index in [1.54, 1.807) is 19.2 Å². The molecule has 2 fully saturated rings. The molecule has 3 aromatic rings. The zero-order chi connectivity index (χ0) is 24.7. The maximum atomic E-state index is 13.4. The molecule has 184 valence electrons. The van der Waals surface area contributed by atoms with Crippen LogP contribution in [0, 0.1) is 30.0 Å². The van der Waals surface area contributed by atoms with Crippen LogP contribution in [0.15, 0.2) is 47.7 Å². The number of benzene rings is 2. The second-order valence-corrected chi connectivity index (χ2v) is 10.7. The molecule has 0 amide bonds. The van der Waals surface area contributed by atoms with Crippen LogP contribution in [0.1, 0.15) is 25.0 Å². The first-order chi connectivity index (χ1) is 16.9. The molecular weight excluding hydrogens is 463 g/mol. The Morgan fingerprint density at radius 1 is 1.37 bits per heavy atom. The van der Waals surface area contributed by atoms with Gasteiger partial charge in [-0.3, -0.25) is 0 Å². The number of fused-ring (bicyclic) bond motifs is 2. The Morgan fingerprint density at radius 3 is 2.83 bits per heavy atom. The van der Waals surface area contributed by atoms with Crippen molar-refractivity contribution in [2.75, 3.05) is 26.7 Å². The molecule has 0 radical (unpaired) electrons. The van der Waals surface area contributed by atoms with Crippen molar-refractivity contribution in [3.05, 3.63) is 59.5 Å². The van der Waals surface area contributed by atoms with Gasteiger partial charge in [-0.15, -0.1) is 0 Å². The molecule has 5 rings (SSSR count). The summed E-state index contributed by atoms with van der Waals surface area (Å²) in [6, 6.07) is 10.9. The lowest BCUT2D eigenvalue weighted by atomic mass is 9.88. The largest absolute Gasteiger partial charge is 0.378 e. The van der Waals surface area contributed by atoms with Crippen molar-refractivity contribution in [2.24, 2.45) is 16.9 Å². The molecule has 7 nitrogen and oxygen atoms in total. The zero-order valence-electron chi connectivity index (χ0n) is 20.5. The Labute approximate surface area is 209 Å². The summed E-state index contributed by atoms with van der Waals surface area (Å²) < 4.78 is 23.7. The van der Waals surface area contributed by atoms with Crippen LogP contribution < -0.4 is 5.43 Å². The highest BCUT2D eigenvalue weighted by molar-refractivity contribution is 8.13. The lowest BCUT2D eigenvalue weighted by molar-refractivity contribution is 0.0618. The summed E-state index contributed by atoms with van der Waals surface area (Å²) in [4.78, 5) is 0. The van der Waals surface area contributed by atoms with E-state index in [0.717, 1.165) is 36.3 Å². The fourth-order valence-electron chi connectivity index (χ4n) is 5.61. The number of hydrazone groups is 1. The molecule has 3 unspecified atom stereocenters. The SMILES string of the molecule is CN/N=C(\C=N)SN1CC2C(COC(C)C)C2(c2cc3cnn(-c4ccc(F)cc4)c3cc2C)C1. The maximum Gasteiger partial charge on any atom is 0.149 e. The van der Waals surface area contributed by atoms with Crippen molar-refractivity contribution in [1.29, 1.82) is 5.41 Å². The lowest BCUT2D eigenvalue weighted by Gasteiger charge is -2.24. The Morgan fingerprint density at radius 2 is 2.14 bits per heavy atom. The number of aryl methyl sites for hydroxylation is 1. The van der Waals surface area contributed by atoms with Crippen molar-refractivity contribution in [2.45, 2.75) is 32.3 Å². The fraction of sp³-hybridized carbons (Fsp3) is 0.423. The predicted octanol–water partition coefficient (Wildman–Crippen LogP) is 4.53. The fourth-order valence-corrected chi connectivity index (χ4v) is 6.57. The van der Waals surface area contributed by atoms with Crippen LogP contribution in [0.25, 0.3) is 16.6 Å². The summed E-state index contributed by atoms with van der Waals surface area (Å²) in [6.45, 7) is 8.89. The van der Waals surface area contributed by atoms with Crippen molar-refractivity contribution in [3.8, 4) is 5.69 Å². The van der Waals surface area contributed by atoms with Gasteiger partial charge in [-0.1, -0.05) is 0 Å². The number of halogens is 1. The van der Waals surface area contributed by atoms with Gasteiger partial charge in [0.1, 0.15) is 10.9 Å². The van der Waals surface area contributed by atoms with Gasteiger partial charge in [-0.2, -0.15) is 10.2 Å². The van der Waals surface area contributed by atoms with Crippen LogP contribution in [-0.2, 0) is 10.2 Å². The zero-order valence-corrected chi connectivity index (χ0v) is 21.3. The van der Waals surface area contributed by atoms with Crippen molar-refractivity contribution in [1.82, 2.24) is 19.5 Å². The summed E-state index contributed by atoms with van der Waals surface area (Å²) in [6.07, 6.45) is 3.38. The number of aromatic nitrogens is 2. The standard InChI is InChI=1S/C26H31FN6OS/c1-16(2)34-14-23-22-13-32(35-25(11-28)31-29-4)15-26(22,23)21-10-18-12-30-33(24(18)9-17(21)3)20-7-5-19(27)6-8-20/h5-12,16,22-23,28-29H,13-15H2,1-4H3/b28-11?,31-25+. The molecule has 3 atom stereocenters. The van der Waals surface area contributed by atoms with E-state index in [9.17, 15) is 4.39 Å². The van der Waals surface area contributed by atoms with Gasteiger partial charge in [-0.25, -0.2) is 13.4 Å². The highest BCUT2D eigenvalue weighted by Crippen LogP contribution is 2.66. The van der Waals surface area contributed by atoms with E-state index >= 15 is 0 Å². The first-order valence-electron chi connectivity index (χ1n) is 11.9. The molecule has 1 aromatic heterocycles. The average molecular weight is 495 g/mol. The number of hydrogen-bond donors (Lipinski definition) is 2. The number of piperidine rings is 1.